The summed E-state index contributed by atoms with van der Waals surface area (Å²) in [6.45, 7) is 5.45. The van der Waals surface area contributed by atoms with Crippen LogP contribution in [-0.4, -0.2) is 44.5 Å². The minimum Gasteiger partial charge on any atom is -0.356 e. The van der Waals surface area contributed by atoms with Crippen LogP contribution in [0.25, 0.3) is 0 Å². The summed E-state index contributed by atoms with van der Waals surface area (Å²) in [6.07, 6.45) is 8.63. The van der Waals surface area contributed by atoms with E-state index in [2.05, 4.69) is 36.5 Å². The number of amides is 1. The van der Waals surface area contributed by atoms with Crippen molar-refractivity contribution in [1.29, 1.82) is 0 Å². The first-order valence-corrected chi connectivity index (χ1v) is 13.3. The van der Waals surface area contributed by atoms with Crippen molar-refractivity contribution < 1.29 is 13.2 Å². The van der Waals surface area contributed by atoms with Crippen LogP contribution in [0.4, 0.5) is 0 Å². The number of carbonyl (C=O) groups is 1. The lowest BCUT2D eigenvalue weighted by molar-refractivity contribution is -0.149. The molecule has 0 radical (unpaired) electrons. The topological polar surface area (TPSA) is 66.5 Å². The molecule has 166 valence electrons. The third kappa shape index (κ3) is 4.05. The van der Waals surface area contributed by atoms with E-state index in [9.17, 15) is 13.2 Å². The standard InChI is InChI=1S/C24H36N2O3S/c1-4-26(30(3,28)29)11-5-10-25-22(27)24-15-19-12-20(16-24)14-23(13-19,17-24)21-8-6-18(2)7-9-21/h6-9,19-20H,4-5,10-17H2,1-3H3,(H,25,27). The fourth-order valence-electron chi connectivity index (χ4n) is 6.98. The van der Waals surface area contributed by atoms with Gasteiger partial charge in [-0.15, -0.1) is 0 Å². The second-order valence-corrected chi connectivity index (χ2v) is 12.2. The van der Waals surface area contributed by atoms with Crippen LogP contribution in [0.15, 0.2) is 24.3 Å². The van der Waals surface area contributed by atoms with Gasteiger partial charge in [0.25, 0.3) is 0 Å². The molecule has 0 aliphatic heterocycles. The molecule has 4 fully saturated rings. The lowest BCUT2D eigenvalue weighted by Crippen LogP contribution is -2.59. The molecule has 4 saturated carbocycles. The van der Waals surface area contributed by atoms with E-state index >= 15 is 0 Å². The second-order valence-electron chi connectivity index (χ2n) is 10.3. The molecule has 1 N–H and O–H groups in total. The van der Waals surface area contributed by atoms with Gasteiger partial charge in [-0.3, -0.25) is 4.79 Å². The molecule has 4 aliphatic rings. The Morgan fingerprint density at radius 3 is 2.33 bits per heavy atom. The van der Waals surface area contributed by atoms with Crippen LogP contribution in [-0.2, 0) is 20.2 Å². The molecule has 4 bridgehead atoms. The molecule has 2 atom stereocenters. The number of hydrogen-bond acceptors (Lipinski definition) is 3. The van der Waals surface area contributed by atoms with Crippen LogP contribution in [0.3, 0.4) is 0 Å². The molecule has 4 aliphatic carbocycles. The molecule has 0 spiro atoms. The maximum Gasteiger partial charge on any atom is 0.226 e. The van der Waals surface area contributed by atoms with Gasteiger partial charge in [0.1, 0.15) is 0 Å². The predicted molar refractivity (Wildman–Crippen MR) is 120 cm³/mol. The Morgan fingerprint density at radius 2 is 1.77 bits per heavy atom. The van der Waals surface area contributed by atoms with Gasteiger partial charge in [0.05, 0.1) is 11.7 Å². The molecule has 5 rings (SSSR count). The van der Waals surface area contributed by atoms with Crippen LogP contribution >= 0.6 is 0 Å². The zero-order chi connectivity index (χ0) is 21.6. The summed E-state index contributed by atoms with van der Waals surface area (Å²) in [5.41, 5.74) is 2.62. The van der Waals surface area contributed by atoms with Crippen LogP contribution < -0.4 is 5.32 Å². The molecule has 1 amide bonds. The van der Waals surface area contributed by atoms with E-state index in [1.807, 2.05) is 6.92 Å². The van der Waals surface area contributed by atoms with Gasteiger partial charge in [-0.05, 0) is 74.7 Å². The van der Waals surface area contributed by atoms with Crippen LogP contribution in [0.2, 0.25) is 0 Å². The molecular formula is C24H36N2O3S. The molecule has 30 heavy (non-hydrogen) atoms. The van der Waals surface area contributed by atoms with E-state index in [0.717, 1.165) is 19.3 Å². The summed E-state index contributed by atoms with van der Waals surface area (Å²) in [7, 11) is -3.17. The second kappa shape index (κ2) is 7.94. The van der Waals surface area contributed by atoms with Gasteiger partial charge in [0, 0.05) is 19.6 Å². The summed E-state index contributed by atoms with van der Waals surface area (Å²) in [5, 5.41) is 3.19. The molecule has 1 aromatic carbocycles. The molecule has 0 saturated heterocycles. The average molecular weight is 433 g/mol. The molecule has 0 aromatic heterocycles. The monoisotopic (exact) mass is 432 g/mol. The first-order chi connectivity index (χ1) is 14.2. The SMILES string of the molecule is CCN(CCCNC(=O)C12CC3CC(C1)CC(c1ccc(C)cc1)(C3)C2)S(C)(=O)=O. The first kappa shape index (κ1) is 21.8. The third-order valence-electron chi connectivity index (χ3n) is 7.90. The third-order valence-corrected chi connectivity index (χ3v) is 9.28. The van der Waals surface area contributed by atoms with E-state index in [4.69, 9.17) is 0 Å². The zero-order valence-electron chi connectivity index (χ0n) is 18.6. The van der Waals surface area contributed by atoms with Crippen molar-refractivity contribution in [3.05, 3.63) is 35.4 Å². The quantitative estimate of drug-likeness (QED) is 0.638. The molecular weight excluding hydrogens is 396 g/mol. The molecule has 1 aromatic rings. The minimum atomic E-state index is -3.17. The van der Waals surface area contributed by atoms with Crippen LogP contribution in [0.1, 0.15) is 63.0 Å². The number of sulfonamides is 1. The molecule has 2 unspecified atom stereocenters. The van der Waals surface area contributed by atoms with Gasteiger partial charge in [-0.2, -0.15) is 0 Å². The lowest BCUT2D eigenvalue weighted by Gasteiger charge is -2.61. The lowest BCUT2D eigenvalue weighted by atomic mass is 9.42. The first-order valence-electron chi connectivity index (χ1n) is 11.5. The molecule has 6 heteroatoms. The Kier molecular flexibility index (Phi) is 5.77. The number of nitrogens with one attached hydrogen (secondary N) is 1. The average Bonchev–Trinajstić information content (AvgIpc) is 2.66. The van der Waals surface area contributed by atoms with E-state index in [-0.39, 0.29) is 16.7 Å². The Hall–Kier alpha value is -1.40. The Labute approximate surface area is 181 Å². The number of carbonyl (C=O) groups excluding carboxylic acids is 1. The van der Waals surface area contributed by atoms with Crippen molar-refractivity contribution in [1.82, 2.24) is 9.62 Å². The highest BCUT2D eigenvalue weighted by atomic mass is 32.2. The zero-order valence-corrected chi connectivity index (χ0v) is 19.4. The normalized spacial score (nSPS) is 32.5. The summed E-state index contributed by atoms with van der Waals surface area (Å²) >= 11 is 0. The van der Waals surface area contributed by atoms with Crippen molar-refractivity contribution in [2.45, 2.75) is 64.2 Å². The van der Waals surface area contributed by atoms with Crippen molar-refractivity contribution in [2.75, 3.05) is 25.9 Å². The number of aryl methyl sites for hydroxylation is 1. The molecule has 0 heterocycles. The Morgan fingerprint density at radius 1 is 1.13 bits per heavy atom. The Bertz CT molecular complexity index is 880. The van der Waals surface area contributed by atoms with Gasteiger partial charge in [-0.1, -0.05) is 36.8 Å². The Balaban J connectivity index is 1.43. The van der Waals surface area contributed by atoms with Gasteiger partial charge in [0.2, 0.25) is 15.9 Å². The summed E-state index contributed by atoms with van der Waals surface area (Å²) < 4.78 is 25.0. The fraction of sp³-hybridized carbons (Fsp3) is 0.708. The minimum absolute atomic E-state index is 0.157. The highest BCUT2D eigenvalue weighted by Crippen LogP contribution is 2.65. The summed E-state index contributed by atoms with van der Waals surface area (Å²) in [5.74, 6) is 1.51. The van der Waals surface area contributed by atoms with Crippen molar-refractivity contribution in [2.24, 2.45) is 17.3 Å². The highest BCUT2D eigenvalue weighted by molar-refractivity contribution is 7.88. The number of nitrogens with zero attached hydrogens (tertiary/aromatic N) is 1. The smallest absolute Gasteiger partial charge is 0.226 e. The van der Waals surface area contributed by atoms with Crippen molar-refractivity contribution >= 4 is 15.9 Å². The van der Waals surface area contributed by atoms with Gasteiger partial charge < -0.3 is 5.32 Å². The maximum atomic E-state index is 13.4. The van der Waals surface area contributed by atoms with Crippen LogP contribution in [0.5, 0.6) is 0 Å². The molecule has 5 nitrogen and oxygen atoms in total. The van der Waals surface area contributed by atoms with E-state index in [0.29, 0.717) is 37.9 Å². The predicted octanol–water partition coefficient (Wildman–Crippen LogP) is 3.62. The van der Waals surface area contributed by atoms with Crippen molar-refractivity contribution in [3.63, 3.8) is 0 Å². The number of rotatable bonds is 8. The highest BCUT2D eigenvalue weighted by Gasteiger charge is 2.60. The van der Waals surface area contributed by atoms with Crippen LogP contribution in [0, 0.1) is 24.2 Å². The summed E-state index contributed by atoms with van der Waals surface area (Å²) in [6, 6.07) is 9.00. The van der Waals surface area contributed by atoms with E-state index in [1.165, 1.54) is 41.0 Å². The van der Waals surface area contributed by atoms with E-state index < -0.39 is 10.0 Å². The number of hydrogen-bond donors (Lipinski definition) is 1. The largest absolute Gasteiger partial charge is 0.356 e. The van der Waals surface area contributed by atoms with Gasteiger partial charge >= 0.3 is 0 Å². The fourth-order valence-corrected chi connectivity index (χ4v) is 7.91. The van der Waals surface area contributed by atoms with Gasteiger partial charge in [0.15, 0.2) is 0 Å². The summed E-state index contributed by atoms with van der Waals surface area (Å²) in [4.78, 5) is 13.4. The van der Waals surface area contributed by atoms with E-state index in [1.54, 1.807) is 0 Å². The maximum absolute atomic E-state index is 13.4. The van der Waals surface area contributed by atoms with Crippen molar-refractivity contribution in [3.8, 4) is 0 Å². The van der Waals surface area contributed by atoms with Gasteiger partial charge in [-0.25, -0.2) is 12.7 Å². The number of benzene rings is 1.